The molecule has 0 unspecified atom stereocenters. The van der Waals surface area contributed by atoms with E-state index in [0.29, 0.717) is 22.8 Å². The Hall–Kier alpha value is -4.40. The Bertz CT molecular complexity index is 1210. The molecular weight excluding hydrogens is 426 g/mol. The molecule has 0 spiro atoms. The number of anilines is 1. The van der Waals surface area contributed by atoms with Crippen LogP contribution < -0.4 is 10.1 Å². The first kappa shape index (κ1) is 21.8. The molecule has 3 aromatic rings. The zero-order valence-corrected chi connectivity index (χ0v) is 18.0. The molecule has 9 nitrogen and oxygen atoms in total. The molecule has 2 heterocycles. The number of furan rings is 1. The number of hydrogen-bond donors (Lipinski definition) is 1. The summed E-state index contributed by atoms with van der Waals surface area (Å²) in [6.07, 6.45) is 1.48. The van der Waals surface area contributed by atoms with Gasteiger partial charge in [-0.3, -0.25) is 24.6 Å². The number of carbonyl (C=O) groups is 2. The van der Waals surface area contributed by atoms with Gasteiger partial charge in [-0.25, -0.2) is 0 Å². The number of imide groups is 1. The summed E-state index contributed by atoms with van der Waals surface area (Å²) in [7, 11) is 0. The molecule has 33 heavy (non-hydrogen) atoms. The zero-order chi connectivity index (χ0) is 23.5. The summed E-state index contributed by atoms with van der Waals surface area (Å²) in [4.78, 5) is 38.0. The van der Waals surface area contributed by atoms with Crippen LogP contribution in [0.15, 0.2) is 77.0 Å². The fourth-order valence-corrected chi connectivity index (χ4v) is 3.44. The first-order valence-electron chi connectivity index (χ1n) is 10.2. The van der Waals surface area contributed by atoms with Crippen molar-refractivity contribution in [2.24, 2.45) is 0 Å². The van der Waals surface area contributed by atoms with Gasteiger partial charge in [-0.2, -0.15) is 0 Å². The maximum Gasteiger partial charge on any atom is 0.278 e. The molecule has 0 aliphatic carbocycles. The van der Waals surface area contributed by atoms with Crippen LogP contribution in [0.4, 0.5) is 11.4 Å². The summed E-state index contributed by atoms with van der Waals surface area (Å²) in [6.45, 7) is 3.81. The summed E-state index contributed by atoms with van der Waals surface area (Å²) in [6, 6.07) is 15.8. The van der Waals surface area contributed by atoms with E-state index >= 15 is 0 Å². The van der Waals surface area contributed by atoms with Crippen LogP contribution in [0, 0.1) is 10.1 Å². The molecule has 0 atom stereocenters. The van der Waals surface area contributed by atoms with E-state index in [9.17, 15) is 19.7 Å². The molecule has 0 saturated carbocycles. The molecule has 0 saturated heterocycles. The van der Waals surface area contributed by atoms with Crippen molar-refractivity contribution in [3.63, 3.8) is 0 Å². The fraction of sp³-hybridized carbons (Fsp3) is 0.167. The number of nitrogens with zero attached hydrogens (tertiary/aromatic N) is 2. The second-order valence-corrected chi connectivity index (χ2v) is 7.65. The van der Waals surface area contributed by atoms with Crippen LogP contribution in [-0.4, -0.2) is 27.7 Å². The molecule has 1 aromatic heterocycles. The highest BCUT2D eigenvalue weighted by Crippen LogP contribution is 2.32. The Morgan fingerprint density at radius 1 is 1.03 bits per heavy atom. The second kappa shape index (κ2) is 8.99. The van der Waals surface area contributed by atoms with Crippen LogP contribution in [-0.2, 0) is 16.1 Å². The Morgan fingerprint density at radius 2 is 1.73 bits per heavy atom. The molecule has 1 aliphatic heterocycles. The van der Waals surface area contributed by atoms with Crippen molar-refractivity contribution < 1.29 is 23.7 Å². The maximum absolute atomic E-state index is 13.2. The minimum absolute atomic E-state index is 0.0180. The second-order valence-electron chi connectivity index (χ2n) is 7.65. The summed E-state index contributed by atoms with van der Waals surface area (Å²) in [5.41, 5.74) is 1.07. The number of ether oxygens (including phenoxy) is 1. The third-order valence-corrected chi connectivity index (χ3v) is 4.92. The molecule has 1 aliphatic rings. The molecular formula is C24H21N3O6. The van der Waals surface area contributed by atoms with Gasteiger partial charge in [0.25, 0.3) is 17.5 Å². The van der Waals surface area contributed by atoms with E-state index in [1.807, 2.05) is 13.8 Å². The number of nitrogens with one attached hydrogen (secondary N) is 1. The van der Waals surface area contributed by atoms with Gasteiger partial charge in [0.1, 0.15) is 17.2 Å². The molecule has 9 heteroatoms. The van der Waals surface area contributed by atoms with Gasteiger partial charge >= 0.3 is 0 Å². The molecule has 2 aromatic carbocycles. The average Bonchev–Trinajstić information content (AvgIpc) is 3.38. The molecule has 4 rings (SSSR count). The monoisotopic (exact) mass is 447 g/mol. The predicted molar refractivity (Wildman–Crippen MR) is 120 cm³/mol. The van der Waals surface area contributed by atoms with Crippen LogP contribution in [0.3, 0.4) is 0 Å². The van der Waals surface area contributed by atoms with Gasteiger partial charge in [-0.1, -0.05) is 0 Å². The highest BCUT2D eigenvalue weighted by atomic mass is 16.6. The lowest BCUT2D eigenvalue weighted by Crippen LogP contribution is -2.31. The van der Waals surface area contributed by atoms with Gasteiger partial charge in [0.15, 0.2) is 0 Å². The standard InChI is InChI=1S/C24H21N3O6/c1-15(2)33-19-11-7-17(8-12-19)25-22-21(16-5-9-18(10-6-16)27(30)31)23(28)26(24(22)29)14-20-4-3-13-32-20/h3-13,15,25H,14H2,1-2H3. The van der Waals surface area contributed by atoms with Crippen molar-refractivity contribution in [1.29, 1.82) is 0 Å². The largest absolute Gasteiger partial charge is 0.491 e. The molecule has 0 fully saturated rings. The first-order chi connectivity index (χ1) is 15.8. The SMILES string of the molecule is CC(C)Oc1ccc(NC2=C(c3ccc([N+](=O)[O-])cc3)C(=O)N(Cc3ccco3)C2=O)cc1. The first-order valence-corrected chi connectivity index (χ1v) is 10.2. The Labute approximate surface area is 189 Å². The Balaban J connectivity index is 1.69. The van der Waals surface area contributed by atoms with E-state index in [-0.39, 0.29) is 29.6 Å². The van der Waals surface area contributed by atoms with Crippen LogP contribution in [0.25, 0.3) is 5.57 Å². The third-order valence-electron chi connectivity index (χ3n) is 4.92. The van der Waals surface area contributed by atoms with E-state index in [2.05, 4.69) is 5.32 Å². The lowest BCUT2D eigenvalue weighted by molar-refractivity contribution is -0.384. The quantitative estimate of drug-likeness (QED) is 0.310. The lowest BCUT2D eigenvalue weighted by Gasteiger charge is -2.14. The highest BCUT2D eigenvalue weighted by Gasteiger charge is 2.39. The average molecular weight is 447 g/mol. The summed E-state index contributed by atoms with van der Waals surface area (Å²) < 4.78 is 10.9. The van der Waals surface area contributed by atoms with Crippen molar-refractivity contribution in [2.45, 2.75) is 26.5 Å². The number of nitro groups is 1. The Kier molecular flexibility index (Phi) is 5.95. The van der Waals surface area contributed by atoms with Gasteiger partial charge in [-0.15, -0.1) is 0 Å². The van der Waals surface area contributed by atoms with Crippen LogP contribution in [0.1, 0.15) is 25.2 Å². The number of hydrogen-bond acceptors (Lipinski definition) is 7. The molecule has 168 valence electrons. The van der Waals surface area contributed by atoms with Crippen molar-refractivity contribution in [1.82, 2.24) is 4.90 Å². The van der Waals surface area contributed by atoms with Crippen LogP contribution >= 0.6 is 0 Å². The summed E-state index contributed by atoms with van der Waals surface area (Å²) in [5.74, 6) is 0.0874. The Morgan fingerprint density at radius 3 is 2.30 bits per heavy atom. The van der Waals surface area contributed by atoms with Crippen LogP contribution in [0.5, 0.6) is 5.75 Å². The zero-order valence-electron chi connectivity index (χ0n) is 18.0. The van der Waals surface area contributed by atoms with Gasteiger partial charge in [0.2, 0.25) is 0 Å². The number of nitro benzene ring substituents is 1. The van der Waals surface area contributed by atoms with E-state index in [1.165, 1.54) is 30.5 Å². The fourth-order valence-electron chi connectivity index (χ4n) is 3.44. The normalized spacial score (nSPS) is 13.7. The van der Waals surface area contributed by atoms with Gasteiger partial charge in [0, 0.05) is 17.8 Å². The van der Waals surface area contributed by atoms with Crippen molar-refractivity contribution in [3.8, 4) is 5.75 Å². The third kappa shape index (κ3) is 4.62. The molecule has 2 amide bonds. The smallest absolute Gasteiger partial charge is 0.278 e. The topological polar surface area (TPSA) is 115 Å². The van der Waals surface area contributed by atoms with E-state index < -0.39 is 16.7 Å². The van der Waals surface area contributed by atoms with Crippen molar-refractivity contribution in [2.75, 3.05) is 5.32 Å². The maximum atomic E-state index is 13.2. The molecule has 1 N–H and O–H groups in total. The number of rotatable bonds is 8. The minimum Gasteiger partial charge on any atom is -0.491 e. The number of benzene rings is 2. The van der Waals surface area contributed by atoms with Gasteiger partial charge < -0.3 is 14.5 Å². The van der Waals surface area contributed by atoms with E-state index in [1.54, 1.807) is 36.4 Å². The van der Waals surface area contributed by atoms with Crippen molar-refractivity contribution in [3.05, 3.63) is 94.1 Å². The van der Waals surface area contributed by atoms with Crippen LogP contribution in [0.2, 0.25) is 0 Å². The van der Waals surface area contributed by atoms with Gasteiger partial charge in [-0.05, 0) is 67.9 Å². The number of amides is 2. The summed E-state index contributed by atoms with van der Waals surface area (Å²) >= 11 is 0. The van der Waals surface area contributed by atoms with Crippen molar-refractivity contribution >= 4 is 28.8 Å². The summed E-state index contributed by atoms with van der Waals surface area (Å²) in [5, 5.41) is 14.1. The highest BCUT2D eigenvalue weighted by molar-refractivity contribution is 6.36. The lowest BCUT2D eigenvalue weighted by atomic mass is 10.0. The van der Waals surface area contributed by atoms with Gasteiger partial charge in [0.05, 0.1) is 29.4 Å². The number of carbonyl (C=O) groups excluding carboxylic acids is 2. The molecule has 0 bridgehead atoms. The predicted octanol–water partition coefficient (Wildman–Crippen LogP) is 4.37. The van der Waals surface area contributed by atoms with E-state index in [0.717, 1.165) is 4.90 Å². The van der Waals surface area contributed by atoms with E-state index in [4.69, 9.17) is 9.15 Å². The molecule has 0 radical (unpaired) electrons. The number of non-ortho nitro benzene ring substituents is 1. The minimum atomic E-state index is -0.525.